The number of aldehydes is 1. The van der Waals surface area contributed by atoms with Gasteiger partial charge >= 0.3 is 0 Å². The van der Waals surface area contributed by atoms with Crippen LogP contribution < -0.4 is 0 Å². The van der Waals surface area contributed by atoms with E-state index in [1.54, 1.807) is 0 Å². The molecule has 0 bridgehead atoms. The SMILES string of the molecule is CC(C)OCCN(C)CC1(C=O)CCCOC1. The van der Waals surface area contributed by atoms with Crippen LogP contribution in [0.3, 0.4) is 0 Å². The number of carbonyl (C=O) groups is 1. The number of likely N-dealkylation sites (N-methyl/N-ethyl adjacent to an activating group) is 1. The van der Waals surface area contributed by atoms with Gasteiger partial charge < -0.3 is 19.2 Å². The molecule has 0 aromatic rings. The van der Waals surface area contributed by atoms with Crippen LogP contribution in [0.1, 0.15) is 26.7 Å². The second kappa shape index (κ2) is 7.09. The fraction of sp³-hybridized carbons (Fsp3) is 0.923. The highest BCUT2D eigenvalue weighted by Gasteiger charge is 2.33. The summed E-state index contributed by atoms with van der Waals surface area (Å²) < 4.78 is 10.9. The third-order valence-corrected chi connectivity index (χ3v) is 3.11. The smallest absolute Gasteiger partial charge is 0.129 e. The third-order valence-electron chi connectivity index (χ3n) is 3.11. The van der Waals surface area contributed by atoms with Crippen molar-refractivity contribution in [3.05, 3.63) is 0 Å². The molecule has 1 unspecified atom stereocenters. The Hall–Kier alpha value is -0.450. The van der Waals surface area contributed by atoms with Crippen molar-refractivity contribution in [2.45, 2.75) is 32.8 Å². The highest BCUT2D eigenvalue weighted by molar-refractivity contribution is 5.60. The number of ether oxygens (including phenoxy) is 2. The Morgan fingerprint density at radius 2 is 2.29 bits per heavy atom. The Kier molecular flexibility index (Phi) is 6.09. The largest absolute Gasteiger partial charge is 0.380 e. The summed E-state index contributed by atoms with van der Waals surface area (Å²) in [6.07, 6.45) is 3.26. The Morgan fingerprint density at radius 1 is 1.53 bits per heavy atom. The van der Waals surface area contributed by atoms with Crippen LogP contribution in [0.2, 0.25) is 0 Å². The summed E-state index contributed by atoms with van der Waals surface area (Å²) >= 11 is 0. The lowest BCUT2D eigenvalue weighted by molar-refractivity contribution is -0.125. The van der Waals surface area contributed by atoms with E-state index in [1.165, 1.54) is 0 Å². The molecule has 1 aliphatic heterocycles. The van der Waals surface area contributed by atoms with Gasteiger partial charge in [-0.2, -0.15) is 0 Å². The van der Waals surface area contributed by atoms with E-state index in [-0.39, 0.29) is 11.5 Å². The molecule has 100 valence electrons. The maximum atomic E-state index is 11.3. The number of rotatable bonds is 7. The Balaban J connectivity index is 2.31. The zero-order valence-corrected chi connectivity index (χ0v) is 11.3. The Bertz CT molecular complexity index is 225. The molecular weight excluding hydrogens is 218 g/mol. The van der Waals surface area contributed by atoms with Crippen molar-refractivity contribution in [1.29, 1.82) is 0 Å². The third kappa shape index (κ3) is 5.15. The van der Waals surface area contributed by atoms with Gasteiger partial charge in [0.15, 0.2) is 0 Å². The van der Waals surface area contributed by atoms with Gasteiger partial charge in [-0.05, 0) is 33.7 Å². The summed E-state index contributed by atoms with van der Waals surface area (Å²) in [5, 5.41) is 0. The predicted molar refractivity (Wildman–Crippen MR) is 67.1 cm³/mol. The molecule has 0 aromatic heterocycles. The van der Waals surface area contributed by atoms with Crippen LogP contribution in [0.25, 0.3) is 0 Å². The summed E-state index contributed by atoms with van der Waals surface area (Å²) in [5.41, 5.74) is -0.301. The summed E-state index contributed by atoms with van der Waals surface area (Å²) in [6, 6.07) is 0. The van der Waals surface area contributed by atoms with Crippen LogP contribution in [0, 0.1) is 5.41 Å². The first-order valence-corrected chi connectivity index (χ1v) is 6.42. The summed E-state index contributed by atoms with van der Waals surface area (Å²) in [7, 11) is 2.03. The molecule has 17 heavy (non-hydrogen) atoms. The van der Waals surface area contributed by atoms with Crippen molar-refractivity contribution < 1.29 is 14.3 Å². The molecule has 0 radical (unpaired) electrons. The summed E-state index contributed by atoms with van der Waals surface area (Å²) in [4.78, 5) is 13.4. The average molecular weight is 243 g/mol. The van der Waals surface area contributed by atoms with E-state index in [0.717, 1.165) is 38.8 Å². The number of hydrogen-bond donors (Lipinski definition) is 0. The molecule has 1 fully saturated rings. The first-order chi connectivity index (χ1) is 8.08. The zero-order chi connectivity index (χ0) is 12.7. The van der Waals surface area contributed by atoms with Crippen molar-refractivity contribution in [2.75, 3.05) is 40.0 Å². The Morgan fingerprint density at radius 3 is 2.82 bits per heavy atom. The van der Waals surface area contributed by atoms with Gasteiger partial charge in [-0.1, -0.05) is 0 Å². The summed E-state index contributed by atoms with van der Waals surface area (Å²) in [5.74, 6) is 0. The molecular formula is C13H25NO3. The van der Waals surface area contributed by atoms with Crippen molar-refractivity contribution in [2.24, 2.45) is 5.41 Å². The molecule has 4 heteroatoms. The van der Waals surface area contributed by atoms with E-state index in [0.29, 0.717) is 13.2 Å². The minimum atomic E-state index is -0.301. The van der Waals surface area contributed by atoms with Crippen molar-refractivity contribution in [1.82, 2.24) is 4.90 Å². The minimum absolute atomic E-state index is 0.265. The molecule has 1 rings (SSSR count). The van der Waals surface area contributed by atoms with E-state index in [9.17, 15) is 4.79 Å². The second-order valence-electron chi connectivity index (χ2n) is 5.29. The van der Waals surface area contributed by atoms with Gasteiger partial charge in [0.2, 0.25) is 0 Å². The molecule has 0 N–H and O–H groups in total. The van der Waals surface area contributed by atoms with Crippen molar-refractivity contribution in [3.63, 3.8) is 0 Å². The molecule has 0 amide bonds. The maximum absolute atomic E-state index is 11.3. The molecule has 1 saturated heterocycles. The lowest BCUT2D eigenvalue weighted by atomic mass is 9.83. The number of nitrogens with zero attached hydrogens (tertiary/aromatic N) is 1. The topological polar surface area (TPSA) is 38.8 Å². The van der Waals surface area contributed by atoms with Gasteiger partial charge in [0.05, 0.1) is 24.7 Å². The average Bonchev–Trinajstić information content (AvgIpc) is 2.29. The van der Waals surface area contributed by atoms with Crippen LogP contribution in [0.4, 0.5) is 0 Å². The molecule has 0 saturated carbocycles. The molecule has 1 heterocycles. The van der Waals surface area contributed by atoms with Crippen LogP contribution >= 0.6 is 0 Å². The first-order valence-electron chi connectivity index (χ1n) is 6.42. The lowest BCUT2D eigenvalue weighted by Crippen LogP contribution is -2.44. The van der Waals surface area contributed by atoms with Crippen LogP contribution in [0.15, 0.2) is 0 Å². The van der Waals surface area contributed by atoms with E-state index < -0.39 is 0 Å². The quantitative estimate of drug-likeness (QED) is 0.633. The van der Waals surface area contributed by atoms with E-state index in [2.05, 4.69) is 4.90 Å². The van der Waals surface area contributed by atoms with E-state index in [4.69, 9.17) is 9.47 Å². The molecule has 1 aliphatic rings. The first kappa shape index (κ1) is 14.6. The van der Waals surface area contributed by atoms with Crippen LogP contribution in [0.5, 0.6) is 0 Å². The van der Waals surface area contributed by atoms with Gasteiger partial charge in [0, 0.05) is 19.7 Å². The maximum Gasteiger partial charge on any atom is 0.129 e. The van der Waals surface area contributed by atoms with Crippen molar-refractivity contribution in [3.8, 4) is 0 Å². The Labute approximate surface area is 104 Å². The highest BCUT2D eigenvalue weighted by Crippen LogP contribution is 2.26. The number of carbonyl (C=O) groups excluding carboxylic acids is 1. The van der Waals surface area contributed by atoms with E-state index in [1.807, 2.05) is 20.9 Å². The minimum Gasteiger partial charge on any atom is -0.380 e. The zero-order valence-electron chi connectivity index (χ0n) is 11.3. The fourth-order valence-electron chi connectivity index (χ4n) is 2.19. The molecule has 4 nitrogen and oxygen atoms in total. The van der Waals surface area contributed by atoms with Gasteiger partial charge in [-0.15, -0.1) is 0 Å². The second-order valence-corrected chi connectivity index (χ2v) is 5.29. The number of hydrogen-bond acceptors (Lipinski definition) is 4. The van der Waals surface area contributed by atoms with Gasteiger partial charge in [-0.25, -0.2) is 0 Å². The molecule has 0 spiro atoms. The molecule has 0 aliphatic carbocycles. The normalized spacial score (nSPS) is 25.5. The molecule has 1 atom stereocenters. The monoisotopic (exact) mass is 243 g/mol. The fourth-order valence-corrected chi connectivity index (χ4v) is 2.19. The van der Waals surface area contributed by atoms with E-state index >= 15 is 0 Å². The summed E-state index contributed by atoms with van der Waals surface area (Å²) in [6.45, 7) is 7.74. The van der Waals surface area contributed by atoms with Gasteiger partial charge in [0.1, 0.15) is 6.29 Å². The predicted octanol–water partition coefficient (Wildman–Crippen LogP) is 1.34. The van der Waals surface area contributed by atoms with Gasteiger partial charge in [0.25, 0.3) is 0 Å². The van der Waals surface area contributed by atoms with Crippen LogP contribution in [-0.4, -0.2) is 57.2 Å². The highest BCUT2D eigenvalue weighted by atomic mass is 16.5. The van der Waals surface area contributed by atoms with Crippen LogP contribution in [-0.2, 0) is 14.3 Å². The van der Waals surface area contributed by atoms with Gasteiger partial charge in [-0.3, -0.25) is 0 Å². The van der Waals surface area contributed by atoms with Crippen molar-refractivity contribution >= 4 is 6.29 Å². The molecule has 0 aromatic carbocycles. The standard InChI is InChI=1S/C13H25NO3/c1-12(2)17-8-6-14(3)9-13(10-15)5-4-7-16-11-13/h10,12H,4-9,11H2,1-3H3. The lowest BCUT2D eigenvalue weighted by Gasteiger charge is -2.35.